The highest BCUT2D eigenvalue weighted by Crippen LogP contribution is 2.29. The quantitative estimate of drug-likeness (QED) is 0.727. The van der Waals surface area contributed by atoms with Crippen LogP contribution in [0.1, 0.15) is 50.1 Å². The number of hydrogen-bond donors (Lipinski definition) is 3. The average molecular weight is 292 g/mol. The number of nitrogens with two attached hydrogens (primary N) is 1. The van der Waals surface area contributed by atoms with Gasteiger partial charge in [0, 0.05) is 6.04 Å². The molecule has 0 spiro atoms. The summed E-state index contributed by atoms with van der Waals surface area (Å²) in [5, 5.41) is 13.0. The van der Waals surface area contributed by atoms with E-state index in [0.717, 1.165) is 18.4 Å². The maximum atomic E-state index is 11.8. The Morgan fingerprint density at radius 1 is 1.33 bits per heavy atom. The van der Waals surface area contributed by atoms with Crippen molar-refractivity contribution in [2.75, 3.05) is 7.11 Å². The predicted octanol–water partition coefficient (Wildman–Crippen LogP) is 2.24. The van der Waals surface area contributed by atoms with Crippen LogP contribution in [0.15, 0.2) is 18.2 Å². The molecule has 0 saturated heterocycles. The van der Waals surface area contributed by atoms with Crippen molar-refractivity contribution in [1.82, 2.24) is 5.32 Å². The summed E-state index contributed by atoms with van der Waals surface area (Å²) < 4.78 is 5.10. The molecule has 1 aromatic carbocycles. The van der Waals surface area contributed by atoms with E-state index >= 15 is 0 Å². The molecule has 1 saturated carbocycles. The van der Waals surface area contributed by atoms with Gasteiger partial charge in [-0.3, -0.25) is 10.1 Å². The van der Waals surface area contributed by atoms with Crippen LogP contribution in [0.3, 0.4) is 0 Å². The van der Waals surface area contributed by atoms with Crippen LogP contribution in [-0.4, -0.2) is 24.2 Å². The molecule has 1 atom stereocenters. The first kappa shape index (κ1) is 15.6. The summed E-state index contributed by atoms with van der Waals surface area (Å²) in [6.07, 6.45) is 7.01. The highest BCUT2D eigenvalue weighted by molar-refractivity contribution is 5.81. The zero-order chi connectivity index (χ0) is 15.2. The number of methoxy groups -OCH3 is 1. The molecule has 0 aliphatic heterocycles. The molecule has 5 nitrogen and oxygen atoms in total. The monoisotopic (exact) mass is 292 g/mol. The van der Waals surface area contributed by atoms with Crippen molar-refractivity contribution in [2.45, 2.75) is 50.6 Å². The minimum atomic E-state index is -0.553. The van der Waals surface area contributed by atoms with E-state index in [-0.39, 0.29) is 5.75 Å². The lowest BCUT2D eigenvalue weighted by Gasteiger charge is -2.23. The third-order valence-corrected chi connectivity index (χ3v) is 4.08. The summed E-state index contributed by atoms with van der Waals surface area (Å²) in [4.78, 5) is 11.8. The van der Waals surface area contributed by atoms with Crippen molar-refractivity contribution in [1.29, 1.82) is 0 Å². The van der Waals surface area contributed by atoms with E-state index in [2.05, 4.69) is 5.32 Å². The van der Waals surface area contributed by atoms with Crippen LogP contribution in [0.4, 0.5) is 0 Å². The highest BCUT2D eigenvalue weighted by Gasteiger charge is 2.23. The molecule has 1 aromatic rings. The SMILES string of the molecule is COc1cc(C(NC2CCCCCC2)C(N)=O)ccc1O. The van der Waals surface area contributed by atoms with Crippen molar-refractivity contribution >= 4 is 5.91 Å². The van der Waals surface area contributed by atoms with Gasteiger partial charge in [0.25, 0.3) is 0 Å². The summed E-state index contributed by atoms with van der Waals surface area (Å²) in [7, 11) is 1.48. The Morgan fingerprint density at radius 3 is 2.57 bits per heavy atom. The largest absolute Gasteiger partial charge is 0.504 e. The van der Waals surface area contributed by atoms with Crippen LogP contribution < -0.4 is 15.8 Å². The Bertz CT molecular complexity index is 482. The van der Waals surface area contributed by atoms with Crippen LogP contribution in [-0.2, 0) is 4.79 Å². The summed E-state index contributed by atoms with van der Waals surface area (Å²) in [5.74, 6) is -0.00709. The van der Waals surface area contributed by atoms with Gasteiger partial charge in [0.05, 0.1) is 7.11 Å². The molecule has 1 unspecified atom stereocenters. The van der Waals surface area contributed by atoms with E-state index in [1.54, 1.807) is 12.1 Å². The Hall–Kier alpha value is -1.75. The number of phenols is 1. The minimum absolute atomic E-state index is 0.0546. The number of aromatic hydroxyl groups is 1. The van der Waals surface area contributed by atoms with E-state index in [1.165, 1.54) is 38.9 Å². The van der Waals surface area contributed by atoms with Crippen LogP contribution in [0.5, 0.6) is 11.5 Å². The molecular weight excluding hydrogens is 268 g/mol. The fourth-order valence-electron chi connectivity index (χ4n) is 2.90. The lowest BCUT2D eigenvalue weighted by molar-refractivity contribution is -0.120. The molecule has 21 heavy (non-hydrogen) atoms. The molecule has 1 fully saturated rings. The number of carbonyl (C=O) groups is 1. The molecule has 1 aliphatic carbocycles. The second-order valence-electron chi connectivity index (χ2n) is 5.62. The predicted molar refractivity (Wildman–Crippen MR) is 81.2 cm³/mol. The first-order chi connectivity index (χ1) is 10.1. The van der Waals surface area contributed by atoms with Gasteiger partial charge in [-0.15, -0.1) is 0 Å². The van der Waals surface area contributed by atoms with Gasteiger partial charge in [-0.2, -0.15) is 0 Å². The third-order valence-electron chi connectivity index (χ3n) is 4.08. The van der Waals surface area contributed by atoms with Gasteiger partial charge in [0.15, 0.2) is 11.5 Å². The van der Waals surface area contributed by atoms with Gasteiger partial charge in [-0.05, 0) is 30.5 Å². The smallest absolute Gasteiger partial charge is 0.239 e. The maximum Gasteiger partial charge on any atom is 0.239 e. The van der Waals surface area contributed by atoms with E-state index in [9.17, 15) is 9.90 Å². The highest BCUT2D eigenvalue weighted by atomic mass is 16.5. The number of carbonyl (C=O) groups excluding carboxylic acids is 1. The third kappa shape index (κ3) is 4.11. The fraction of sp³-hybridized carbons (Fsp3) is 0.562. The molecule has 4 N–H and O–H groups in total. The van der Waals surface area contributed by atoms with Gasteiger partial charge in [0.1, 0.15) is 6.04 Å². The van der Waals surface area contributed by atoms with Crippen molar-refractivity contribution in [2.24, 2.45) is 5.73 Å². The van der Waals surface area contributed by atoms with E-state index in [1.807, 2.05) is 0 Å². The van der Waals surface area contributed by atoms with E-state index in [4.69, 9.17) is 10.5 Å². The molecule has 0 aromatic heterocycles. The summed E-state index contributed by atoms with van der Waals surface area (Å²) in [6.45, 7) is 0. The van der Waals surface area contributed by atoms with Gasteiger partial charge in [0.2, 0.25) is 5.91 Å². The van der Waals surface area contributed by atoms with Gasteiger partial charge in [-0.25, -0.2) is 0 Å². The molecule has 0 radical (unpaired) electrons. The Labute approximate surface area is 125 Å². The Balaban J connectivity index is 2.16. The van der Waals surface area contributed by atoms with Crippen LogP contribution in [0.2, 0.25) is 0 Å². The van der Waals surface area contributed by atoms with Crippen molar-refractivity contribution < 1.29 is 14.6 Å². The summed E-state index contributed by atoms with van der Waals surface area (Å²) in [6, 6.07) is 4.65. The number of rotatable bonds is 5. The number of benzene rings is 1. The molecule has 0 heterocycles. The number of amides is 1. The van der Waals surface area contributed by atoms with Crippen molar-refractivity contribution in [3.63, 3.8) is 0 Å². The van der Waals surface area contributed by atoms with Crippen molar-refractivity contribution in [3.8, 4) is 11.5 Å². The van der Waals surface area contributed by atoms with E-state index in [0.29, 0.717) is 11.8 Å². The van der Waals surface area contributed by atoms with Crippen LogP contribution >= 0.6 is 0 Å². The first-order valence-electron chi connectivity index (χ1n) is 7.54. The van der Waals surface area contributed by atoms with Crippen LogP contribution in [0, 0.1) is 0 Å². The lowest BCUT2D eigenvalue weighted by atomic mass is 10.0. The number of phenolic OH excluding ortho intramolecular Hbond substituents is 1. The van der Waals surface area contributed by atoms with E-state index < -0.39 is 11.9 Å². The van der Waals surface area contributed by atoms with Crippen LogP contribution in [0.25, 0.3) is 0 Å². The molecule has 5 heteroatoms. The zero-order valence-corrected chi connectivity index (χ0v) is 12.5. The molecule has 2 rings (SSSR count). The second kappa shape index (κ2) is 7.31. The second-order valence-corrected chi connectivity index (χ2v) is 5.62. The summed E-state index contributed by atoms with van der Waals surface area (Å²) >= 11 is 0. The standard InChI is InChI=1S/C16H24N2O3/c1-21-14-10-11(8-9-13(14)19)15(16(17)20)18-12-6-4-2-3-5-7-12/h8-10,12,15,18-19H,2-7H2,1H3,(H2,17,20). The molecule has 0 bridgehead atoms. The molecule has 1 aliphatic rings. The Kier molecular flexibility index (Phi) is 5.44. The summed E-state index contributed by atoms with van der Waals surface area (Å²) in [5.41, 5.74) is 6.27. The lowest BCUT2D eigenvalue weighted by Crippen LogP contribution is -2.39. The van der Waals surface area contributed by atoms with Gasteiger partial charge in [-0.1, -0.05) is 31.7 Å². The maximum absolute atomic E-state index is 11.8. The fourth-order valence-corrected chi connectivity index (χ4v) is 2.90. The van der Waals surface area contributed by atoms with Gasteiger partial charge < -0.3 is 15.6 Å². The van der Waals surface area contributed by atoms with Gasteiger partial charge >= 0.3 is 0 Å². The average Bonchev–Trinajstić information content (AvgIpc) is 2.74. The number of nitrogens with one attached hydrogen (secondary N) is 1. The molecule has 1 amide bonds. The molecular formula is C16H24N2O3. The molecule has 116 valence electrons. The number of primary amides is 1. The zero-order valence-electron chi connectivity index (χ0n) is 12.5. The Morgan fingerprint density at radius 2 is 2.00 bits per heavy atom. The first-order valence-corrected chi connectivity index (χ1v) is 7.54. The topological polar surface area (TPSA) is 84.6 Å². The minimum Gasteiger partial charge on any atom is -0.504 e. The number of ether oxygens (including phenoxy) is 1. The van der Waals surface area contributed by atoms with Crippen molar-refractivity contribution in [3.05, 3.63) is 23.8 Å². The number of hydrogen-bond acceptors (Lipinski definition) is 4. The normalized spacial score (nSPS) is 18.0.